The third kappa shape index (κ3) is 3.67. The number of nitrogens with one attached hydrogen (secondary N) is 2. The van der Waals surface area contributed by atoms with Crippen LogP contribution >= 0.6 is 0 Å². The van der Waals surface area contributed by atoms with Crippen LogP contribution in [0, 0.1) is 6.92 Å². The average molecular weight is 365 g/mol. The van der Waals surface area contributed by atoms with Gasteiger partial charge in [0.05, 0.1) is 16.9 Å². The Labute approximate surface area is 157 Å². The molecule has 1 fully saturated rings. The Kier molecular flexibility index (Phi) is 5.08. The van der Waals surface area contributed by atoms with Crippen LogP contribution in [0.3, 0.4) is 0 Å². The van der Waals surface area contributed by atoms with Gasteiger partial charge in [0, 0.05) is 50.9 Å². The van der Waals surface area contributed by atoms with Crippen LogP contribution in [-0.4, -0.2) is 70.1 Å². The number of hydrogen-bond donors (Lipinski definition) is 2. The Hall–Kier alpha value is -2.84. The number of benzene rings is 1. The van der Waals surface area contributed by atoms with Crippen molar-refractivity contribution < 1.29 is 4.79 Å². The summed E-state index contributed by atoms with van der Waals surface area (Å²) in [6.07, 6.45) is 1.76. The van der Waals surface area contributed by atoms with Gasteiger partial charge in [-0.05, 0) is 31.2 Å². The van der Waals surface area contributed by atoms with Gasteiger partial charge in [-0.3, -0.25) is 14.7 Å². The summed E-state index contributed by atoms with van der Waals surface area (Å²) in [6.45, 7) is 7.34. The molecule has 0 unspecified atom stereocenters. The molecule has 0 saturated carbocycles. The molecule has 3 aromatic rings. The average Bonchev–Trinajstić information content (AvgIpc) is 3.09. The number of hydrogen-bond acceptors (Lipinski definition) is 6. The van der Waals surface area contributed by atoms with Crippen molar-refractivity contribution in [3.8, 4) is 5.69 Å². The summed E-state index contributed by atoms with van der Waals surface area (Å²) in [6, 6.07) is 9.72. The quantitative estimate of drug-likeness (QED) is 0.694. The monoisotopic (exact) mass is 365 g/mol. The molecular weight excluding hydrogens is 342 g/mol. The van der Waals surface area contributed by atoms with Gasteiger partial charge in [0.1, 0.15) is 0 Å². The summed E-state index contributed by atoms with van der Waals surface area (Å²) in [5.74, 6) is -0.188. The highest BCUT2D eigenvalue weighted by Crippen LogP contribution is 2.21. The first-order valence-corrected chi connectivity index (χ1v) is 9.22. The summed E-state index contributed by atoms with van der Waals surface area (Å²) in [7, 11) is 0. The lowest BCUT2D eigenvalue weighted by Crippen LogP contribution is -2.46. The maximum atomic E-state index is 12.5. The van der Waals surface area contributed by atoms with Crippen LogP contribution in [0.2, 0.25) is 0 Å². The van der Waals surface area contributed by atoms with Crippen LogP contribution in [0.4, 0.5) is 0 Å². The van der Waals surface area contributed by atoms with Crippen LogP contribution in [0.25, 0.3) is 16.6 Å². The zero-order valence-electron chi connectivity index (χ0n) is 15.4. The molecule has 0 atom stereocenters. The topological polar surface area (TPSA) is 88.0 Å². The molecule has 1 aromatic carbocycles. The molecule has 1 saturated heterocycles. The number of piperazine rings is 1. The van der Waals surface area contributed by atoms with Gasteiger partial charge in [0.15, 0.2) is 5.69 Å². The molecule has 0 aliphatic carbocycles. The Balaban J connectivity index is 1.49. The number of carbonyl (C=O) groups excluding carboxylic acids is 1. The molecule has 1 aliphatic heterocycles. The zero-order chi connectivity index (χ0) is 18.6. The molecule has 0 bridgehead atoms. The maximum absolute atomic E-state index is 12.5. The van der Waals surface area contributed by atoms with E-state index in [-0.39, 0.29) is 5.91 Å². The smallest absolute Gasteiger partial charge is 0.273 e. The summed E-state index contributed by atoms with van der Waals surface area (Å²) < 4.78 is 1.70. The molecule has 1 amide bonds. The van der Waals surface area contributed by atoms with Gasteiger partial charge in [0.2, 0.25) is 0 Å². The predicted octanol–water partition coefficient (Wildman–Crippen LogP) is 0.759. The second kappa shape index (κ2) is 7.81. The first-order valence-electron chi connectivity index (χ1n) is 9.22. The Morgan fingerprint density at radius 1 is 1.22 bits per heavy atom. The number of aromatic nitrogens is 4. The van der Waals surface area contributed by atoms with Crippen molar-refractivity contribution >= 4 is 16.8 Å². The number of carbonyl (C=O) groups is 1. The fourth-order valence-corrected chi connectivity index (χ4v) is 3.39. The van der Waals surface area contributed by atoms with E-state index in [0.29, 0.717) is 17.9 Å². The van der Waals surface area contributed by atoms with Crippen molar-refractivity contribution in [1.82, 2.24) is 35.5 Å². The van der Waals surface area contributed by atoms with E-state index >= 15 is 0 Å². The Morgan fingerprint density at radius 2 is 2.07 bits per heavy atom. The van der Waals surface area contributed by atoms with E-state index in [1.165, 1.54) is 0 Å². The zero-order valence-corrected chi connectivity index (χ0v) is 15.4. The van der Waals surface area contributed by atoms with Crippen LogP contribution in [0.15, 0.2) is 36.5 Å². The lowest BCUT2D eigenvalue weighted by atomic mass is 10.2. The number of rotatable bonds is 5. The molecule has 8 nitrogen and oxygen atoms in total. The van der Waals surface area contributed by atoms with Crippen LogP contribution in [0.1, 0.15) is 16.2 Å². The summed E-state index contributed by atoms with van der Waals surface area (Å²) in [5.41, 5.74) is 2.82. The molecular formula is C19H23N7O. The van der Waals surface area contributed by atoms with E-state index in [9.17, 15) is 4.79 Å². The summed E-state index contributed by atoms with van der Waals surface area (Å²) in [4.78, 5) is 19.3. The largest absolute Gasteiger partial charge is 0.349 e. The van der Waals surface area contributed by atoms with Crippen molar-refractivity contribution in [3.05, 3.63) is 47.9 Å². The van der Waals surface area contributed by atoms with Gasteiger partial charge >= 0.3 is 0 Å². The van der Waals surface area contributed by atoms with E-state index in [0.717, 1.165) is 49.3 Å². The van der Waals surface area contributed by atoms with Gasteiger partial charge in [-0.1, -0.05) is 11.3 Å². The van der Waals surface area contributed by atoms with E-state index in [2.05, 4.69) is 30.8 Å². The molecule has 27 heavy (non-hydrogen) atoms. The number of fused-ring (bicyclic) bond motifs is 1. The number of pyridine rings is 1. The fraction of sp³-hybridized carbons (Fsp3) is 0.368. The van der Waals surface area contributed by atoms with Crippen molar-refractivity contribution in [2.45, 2.75) is 6.92 Å². The highest BCUT2D eigenvalue weighted by Gasteiger charge is 2.18. The first-order chi connectivity index (χ1) is 13.2. The van der Waals surface area contributed by atoms with Gasteiger partial charge in [-0.25, -0.2) is 4.68 Å². The Bertz CT molecular complexity index is 941. The predicted molar refractivity (Wildman–Crippen MR) is 103 cm³/mol. The first kappa shape index (κ1) is 17.6. The second-order valence-electron chi connectivity index (χ2n) is 6.63. The van der Waals surface area contributed by atoms with Gasteiger partial charge in [-0.2, -0.15) is 0 Å². The third-order valence-electron chi connectivity index (χ3n) is 4.88. The van der Waals surface area contributed by atoms with E-state index < -0.39 is 0 Å². The lowest BCUT2D eigenvalue weighted by Gasteiger charge is -2.26. The van der Waals surface area contributed by atoms with Gasteiger partial charge in [-0.15, -0.1) is 5.10 Å². The molecule has 1 aliphatic rings. The molecule has 3 heterocycles. The van der Waals surface area contributed by atoms with Gasteiger partial charge < -0.3 is 10.6 Å². The highest BCUT2D eigenvalue weighted by atomic mass is 16.2. The van der Waals surface area contributed by atoms with Crippen LogP contribution in [-0.2, 0) is 0 Å². The molecule has 2 aromatic heterocycles. The molecule has 0 spiro atoms. The third-order valence-corrected chi connectivity index (χ3v) is 4.88. The molecule has 140 valence electrons. The van der Waals surface area contributed by atoms with Crippen LogP contribution < -0.4 is 10.6 Å². The SMILES string of the molecule is Cc1c(C(=O)NCCN2CCNCC2)nnn1-c1cccc2ncccc12. The Morgan fingerprint density at radius 3 is 2.93 bits per heavy atom. The van der Waals surface area contributed by atoms with E-state index in [1.54, 1.807) is 10.9 Å². The number of amides is 1. The van der Waals surface area contributed by atoms with E-state index in [1.807, 2.05) is 37.3 Å². The molecule has 0 radical (unpaired) electrons. The standard InChI is InChI=1S/C19H23N7O/c1-14-18(19(27)22-10-13-25-11-8-20-9-12-25)23-24-26(14)17-6-2-5-16-15(17)4-3-7-21-16/h2-7,20H,8-13H2,1H3,(H,22,27). The van der Waals surface area contributed by atoms with Crippen molar-refractivity contribution in [3.63, 3.8) is 0 Å². The minimum atomic E-state index is -0.188. The number of nitrogens with zero attached hydrogens (tertiary/aromatic N) is 5. The van der Waals surface area contributed by atoms with E-state index in [4.69, 9.17) is 0 Å². The molecule has 4 rings (SSSR count). The molecule has 2 N–H and O–H groups in total. The minimum absolute atomic E-state index is 0.188. The second-order valence-corrected chi connectivity index (χ2v) is 6.63. The summed E-state index contributed by atoms with van der Waals surface area (Å²) >= 11 is 0. The maximum Gasteiger partial charge on any atom is 0.273 e. The van der Waals surface area contributed by atoms with Crippen molar-refractivity contribution in [2.75, 3.05) is 39.3 Å². The molecule has 8 heteroatoms. The summed E-state index contributed by atoms with van der Waals surface area (Å²) in [5, 5.41) is 15.6. The van der Waals surface area contributed by atoms with Crippen molar-refractivity contribution in [2.24, 2.45) is 0 Å². The van der Waals surface area contributed by atoms with Crippen LogP contribution in [0.5, 0.6) is 0 Å². The normalized spacial score (nSPS) is 15.1. The lowest BCUT2D eigenvalue weighted by molar-refractivity contribution is 0.0941. The van der Waals surface area contributed by atoms with Crippen molar-refractivity contribution in [1.29, 1.82) is 0 Å². The highest BCUT2D eigenvalue weighted by molar-refractivity contribution is 5.94. The minimum Gasteiger partial charge on any atom is -0.349 e. The van der Waals surface area contributed by atoms with Gasteiger partial charge in [0.25, 0.3) is 5.91 Å². The fourth-order valence-electron chi connectivity index (χ4n) is 3.39.